The van der Waals surface area contributed by atoms with E-state index in [2.05, 4.69) is 16.8 Å². The number of pyridine rings is 1. The highest BCUT2D eigenvalue weighted by atomic mass is 19.1. The highest BCUT2D eigenvalue weighted by molar-refractivity contribution is 5.78. The summed E-state index contributed by atoms with van der Waals surface area (Å²) in [5.74, 6) is -0.219. The van der Waals surface area contributed by atoms with Gasteiger partial charge in [0.2, 0.25) is 5.91 Å². The first-order chi connectivity index (χ1) is 10.2. The van der Waals surface area contributed by atoms with Gasteiger partial charge in [-0.25, -0.2) is 9.37 Å². The Morgan fingerprint density at radius 1 is 1.24 bits per heavy atom. The van der Waals surface area contributed by atoms with Crippen molar-refractivity contribution in [3.63, 3.8) is 0 Å². The molecule has 0 spiro atoms. The Kier molecular flexibility index (Phi) is 3.88. The first kappa shape index (κ1) is 14.0. The van der Waals surface area contributed by atoms with E-state index in [1.54, 1.807) is 16.7 Å². The number of likely N-dealkylation sites (N-methyl/N-ethyl adjacent to an activating group) is 1. The fourth-order valence-corrected chi connectivity index (χ4v) is 2.68. The molecule has 0 unspecified atom stereocenters. The fraction of sp³-hybridized carbons (Fsp3) is 0.467. The molecule has 0 aromatic carbocycles. The zero-order chi connectivity index (χ0) is 14.8. The maximum atomic E-state index is 13.1. The minimum atomic E-state index is -0.312. The summed E-state index contributed by atoms with van der Waals surface area (Å²) in [6.45, 7) is 6.56. The zero-order valence-corrected chi connectivity index (χ0v) is 12.1. The topological polar surface area (TPSA) is 40.9 Å². The van der Waals surface area contributed by atoms with E-state index in [0.717, 1.165) is 32.7 Å². The maximum Gasteiger partial charge on any atom is 0.228 e. The summed E-state index contributed by atoms with van der Waals surface area (Å²) in [6, 6.07) is 2.99. The Labute approximate surface area is 123 Å². The van der Waals surface area contributed by atoms with Gasteiger partial charge in [-0.1, -0.05) is 6.92 Å². The summed E-state index contributed by atoms with van der Waals surface area (Å²) in [5, 5.41) is 0. The molecule has 2 aromatic rings. The molecule has 21 heavy (non-hydrogen) atoms. The number of rotatable bonds is 3. The second kappa shape index (κ2) is 5.81. The largest absolute Gasteiger partial charge is 0.340 e. The third-order valence-electron chi connectivity index (χ3n) is 3.97. The predicted molar refractivity (Wildman–Crippen MR) is 77.5 cm³/mol. The van der Waals surface area contributed by atoms with E-state index in [-0.39, 0.29) is 18.1 Å². The lowest BCUT2D eigenvalue weighted by atomic mass is 10.2. The number of imidazole rings is 1. The van der Waals surface area contributed by atoms with Gasteiger partial charge >= 0.3 is 0 Å². The average Bonchev–Trinajstić information content (AvgIpc) is 2.88. The van der Waals surface area contributed by atoms with Crippen molar-refractivity contribution < 1.29 is 9.18 Å². The van der Waals surface area contributed by atoms with E-state index in [1.807, 2.05) is 4.90 Å². The van der Waals surface area contributed by atoms with Gasteiger partial charge < -0.3 is 14.2 Å². The van der Waals surface area contributed by atoms with Crippen molar-refractivity contribution in [1.82, 2.24) is 19.2 Å². The van der Waals surface area contributed by atoms with Crippen LogP contribution in [0.2, 0.25) is 0 Å². The van der Waals surface area contributed by atoms with Crippen LogP contribution in [-0.4, -0.2) is 57.8 Å². The minimum absolute atomic E-state index is 0.0923. The lowest BCUT2D eigenvalue weighted by Crippen LogP contribution is -2.48. The van der Waals surface area contributed by atoms with E-state index in [0.29, 0.717) is 11.3 Å². The predicted octanol–water partition coefficient (Wildman–Crippen LogP) is 1.18. The number of hydrogen-bond acceptors (Lipinski definition) is 3. The van der Waals surface area contributed by atoms with Crippen LogP contribution in [0.15, 0.2) is 24.5 Å². The van der Waals surface area contributed by atoms with Gasteiger partial charge in [0, 0.05) is 38.6 Å². The van der Waals surface area contributed by atoms with Crippen molar-refractivity contribution in [3.8, 4) is 0 Å². The van der Waals surface area contributed by atoms with Gasteiger partial charge in [0.15, 0.2) is 0 Å². The van der Waals surface area contributed by atoms with E-state index in [1.165, 1.54) is 12.3 Å². The van der Waals surface area contributed by atoms with Gasteiger partial charge in [0.1, 0.15) is 11.5 Å². The van der Waals surface area contributed by atoms with Crippen LogP contribution < -0.4 is 0 Å². The number of fused-ring (bicyclic) bond motifs is 1. The Morgan fingerprint density at radius 3 is 2.71 bits per heavy atom. The molecule has 0 bridgehead atoms. The Bertz CT molecular complexity index is 646. The number of carbonyl (C=O) groups excluding carboxylic acids is 1. The van der Waals surface area contributed by atoms with E-state index < -0.39 is 0 Å². The van der Waals surface area contributed by atoms with Crippen LogP contribution in [0, 0.1) is 5.82 Å². The molecule has 3 heterocycles. The Hall–Kier alpha value is -1.95. The minimum Gasteiger partial charge on any atom is -0.340 e. The highest BCUT2D eigenvalue weighted by Crippen LogP contribution is 2.10. The number of aromatic nitrogens is 2. The van der Waals surface area contributed by atoms with Crippen molar-refractivity contribution in [2.75, 3.05) is 32.7 Å². The summed E-state index contributed by atoms with van der Waals surface area (Å²) < 4.78 is 14.8. The van der Waals surface area contributed by atoms with Gasteiger partial charge in [-0.2, -0.15) is 0 Å². The number of hydrogen-bond donors (Lipinski definition) is 0. The molecule has 1 fully saturated rings. The van der Waals surface area contributed by atoms with Gasteiger partial charge in [0.25, 0.3) is 0 Å². The molecule has 1 saturated heterocycles. The quantitative estimate of drug-likeness (QED) is 0.852. The summed E-state index contributed by atoms with van der Waals surface area (Å²) >= 11 is 0. The smallest absolute Gasteiger partial charge is 0.228 e. The maximum absolute atomic E-state index is 13.1. The number of halogens is 1. The first-order valence-electron chi connectivity index (χ1n) is 7.29. The molecule has 3 rings (SSSR count). The summed E-state index contributed by atoms with van der Waals surface area (Å²) in [6.07, 6.45) is 3.37. The van der Waals surface area contributed by atoms with E-state index in [4.69, 9.17) is 0 Å². The van der Waals surface area contributed by atoms with Crippen LogP contribution >= 0.6 is 0 Å². The van der Waals surface area contributed by atoms with E-state index >= 15 is 0 Å². The number of amides is 1. The molecule has 5 nitrogen and oxygen atoms in total. The van der Waals surface area contributed by atoms with Gasteiger partial charge in [-0.15, -0.1) is 0 Å². The third kappa shape index (κ3) is 3.05. The van der Waals surface area contributed by atoms with Gasteiger partial charge in [0.05, 0.1) is 12.1 Å². The van der Waals surface area contributed by atoms with Crippen molar-refractivity contribution in [2.24, 2.45) is 0 Å². The zero-order valence-electron chi connectivity index (χ0n) is 12.1. The lowest BCUT2D eigenvalue weighted by Gasteiger charge is -2.34. The standard InChI is InChI=1S/C15H19FN4O/c1-2-18-5-7-19(8-6-18)15(21)9-13-11-20-10-12(16)3-4-14(20)17-13/h3-4,10-11H,2,5-9H2,1H3. The number of nitrogens with zero attached hydrogens (tertiary/aromatic N) is 4. The van der Waals surface area contributed by atoms with E-state index in [9.17, 15) is 9.18 Å². The number of piperazine rings is 1. The first-order valence-corrected chi connectivity index (χ1v) is 7.29. The normalized spacial score (nSPS) is 16.6. The van der Waals surface area contributed by atoms with Gasteiger partial charge in [-0.3, -0.25) is 4.79 Å². The van der Waals surface area contributed by atoms with Crippen molar-refractivity contribution in [1.29, 1.82) is 0 Å². The molecule has 0 saturated carbocycles. The molecule has 0 atom stereocenters. The van der Waals surface area contributed by atoms with Crippen LogP contribution in [0.25, 0.3) is 5.65 Å². The second-order valence-electron chi connectivity index (χ2n) is 5.34. The van der Waals surface area contributed by atoms with Crippen LogP contribution in [0.3, 0.4) is 0 Å². The average molecular weight is 290 g/mol. The molecule has 112 valence electrons. The fourth-order valence-electron chi connectivity index (χ4n) is 2.68. The number of carbonyl (C=O) groups is 1. The van der Waals surface area contributed by atoms with Crippen LogP contribution in [0.4, 0.5) is 4.39 Å². The Balaban J connectivity index is 1.66. The summed E-state index contributed by atoms with van der Waals surface area (Å²) in [5.41, 5.74) is 1.35. The monoisotopic (exact) mass is 290 g/mol. The second-order valence-corrected chi connectivity index (χ2v) is 5.34. The molecule has 0 aliphatic carbocycles. The molecule has 1 aliphatic rings. The third-order valence-corrected chi connectivity index (χ3v) is 3.97. The Morgan fingerprint density at radius 2 is 2.00 bits per heavy atom. The molecular weight excluding hydrogens is 271 g/mol. The molecule has 1 amide bonds. The molecule has 0 N–H and O–H groups in total. The molecular formula is C15H19FN4O. The van der Waals surface area contributed by atoms with Crippen molar-refractivity contribution in [2.45, 2.75) is 13.3 Å². The molecule has 0 radical (unpaired) electrons. The lowest BCUT2D eigenvalue weighted by molar-refractivity contribution is -0.132. The van der Waals surface area contributed by atoms with Crippen molar-refractivity contribution >= 4 is 11.6 Å². The molecule has 1 aliphatic heterocycles. The van der Waals surface area contributed by atoms with Crippen LogP contribution in [0.1, 0.15) is 12.6 Å². The van der Waals surface area contributed by atoms with Crippen molar-refractivity contribution in [3.05, 3.63) is 36.0 Å². The molecule has 6 heteroatoms. The van der Waals surface area contributed by atoms with Crippen LogP contribution in [-0.2, 0) is 11.2 Å². The summed E-state index contributed by atoms with van der Waals surface area (Å²) in [7, 11) is 0. The highest BCUT2D eigenvalue weighted by Gasteiger charge is 2.20. The SMILES string of the molecule is CCN1CCN(C(=O)Cc2cn3cc(F)ccc3n2)CC1. The molecule has 2 aromatic heterocycles. The summed E-state index contributed by atoms with van der Waals surface area (Å²) in [4.78, 5) is 20.9. The van der Waals surface area contributed by atoms with Crippen LogP contribution in [0.5, 0.6) is 0 Å². The van der Waals surface area contributed by atoms with Gasteiger partial charge in [-0.05, 0) is 18.7 Å².